The Labute approximate surface area is 207 Å². The van der Waals surface area contributed by atoms with Gasteiger partial charge in [0.05, 0.1) is 23.0 Å². The third kappa shape index (κ3) is 6.46. The predicted octanol–water partition coefficient (Wildman–Crippen LogP) is 1.12. The molecule has 2 fully saturated rings. The topological polar surface area (TPSA) is 126 Å². The average molecular weight is 504 g/mol. The Morgan fingerprint density at radius 3 is 2.83 bits per heavy atom. The van der Waals surface area contributed by atoms with E-state index in [1.54, 1.807) is 24.3 Å². The van der Waals surface area contributed by atoms with Crippen LogP contribution in [0.2, 0.25) is 0 Å². The molecule has 3 N–H and O–H groups in total. The van der Waals surface area contributed by atoms with Crippen LogP contribution in [-0.4, -0.2) is 71.2 Å². The monoisotopic (exact) mass is 503 g/mol. The van der Waals surface area contributed by atoms with Gasteiger partial charge in [0.1, 0.15) is 0 Å². The normalized spacial score (nSPS) is 21.2. The molecule has 3 atom stereocenters. The van der Waals surface area contributed by atoms with Crippen LogP contribution in [0, 0.1) is 0 Å². The Hall–Kier alpha value is -2.79. The van der Waals surface area contributed by atoms with Gasteiger partial charge >= 0.3 is 17.4 Å². The molecule has 0 bridgehead atoms. The van der Waals surface area contributed by atoms with Gasteiger partial charge in [0.2, 0.25) is 5.91 Å². The largest absolute Gasteiger partial charge is 0.422 e. The zero-order valence-corrected chi connectivity index (χ0v) is 20.8. The smallest absolute Gasteiger partial charge is 0.372 e. The standard InChI is InChI=1S/C24H33N5O5S/c1-28(13-6-14-29-18-8-3-2-7-16(18)22(31)34-24(29)33)12-5-11-25-20(30)10-4-9-19-21-17(15-35-19)26-23(32)27-21/h2-3,7-8,17,19,21H,4-6,9-15H2,1H3,(H,25,30)(H2,26,27,32). The maximum Gasteiger partial charge on any atom is 0.422 e. The van der Waals surface area contributed by atoms with E-state index in [0.29, 0.717) is 35.7 Å². The first-order valence-corrected chi connectivity index (χ1v) is 13.2. The van der Waals surface area contributed by atoms with Gasteiger partial charge in [-0.2, -0.15) is 11.8 Å². The van der Waals surface area contributed by atoms with Crippen molar-refractivity contribution in [2.75, 3.05) is 32.4 Å². The summed E-state index contributed by atoms with van der Waals surface area (Å²) < 4.78 is 6.34. The van der Waals surface area contributed by atoms with Crippen LogP contribution in [0.15, 0.2) is 38.3 Å². The first kappa shape index (κ1) is 25.3. The highest BCUT2D eigenvalue weighted by molar-refractivity contribution is 8.00. The highest BCUT2D eigenvalue weighted by Crippen LogP contribution is 2.33. The molecule has 1 aromatic heterocycles. The van der Waals surface area contributed by atoms with Crippen molar-refractivity contribution < 1.29 is 14.0 Å². The van der Waals surface area contributed by atoms with E-state index in [1.807, 2.05) is 18.8 Å². The molecule has 11 heteroatoms. The minimum absolute atomic E-state index is 0.0672. The summed E-state index contributed by atoms with van der Waals surface area (Å²) in [5.41, 5.74) is -0.0122. The van der Waals surface area contributed by atoms with Gasteiger partial charge in [0, 0.05) is 30.5 Å². The first-order valence-electron chi connectivity index (χ1n) is 12.2. The highest BCUT2D eigenvalue weighted by Gasteiger charge is 2.42. The van der Waals surface area contributed by atoms with E-state index in [4.69, 9.17) is 4.42 Å². The third-order valence-electron chi connectivity index (χ3n) is 6.61. The number of urea groups is 1. The fourth-order valence-corrected chi connectivity index (χ4v) is 6.31. The quantitative estimate of drug-likeness (QED) is 0.293. The number of nitrogens with one attached hydrogen (secondary N) is 3. The SMILES string of the molecule is CN(CCCNC(=O)CCCC1SCC2NC(=O)NC21)CCCn1c(=O)oc(=O)c2ccccc21. The van der Waals surface area contributed by atoms with Gasteiger partial charge in [-0.3, -0.25) is 9.36 Å². The molecule has 4 rings (SSSR count). The highest BCUT2D eigenvalue weighted by atomic mass is 32.2. The lowest BCUT2D eigenvalue weighted by Gasteiger charge is -2.17. The van der Waals surface area contributed by atoms with Gasteiger partial charge in [-0.1, -0.05) is 12.1 Å². The molecule has 2 saturated heterocycles. The number of thioether (sulfide) groups is 1. The zero-order chi connectivity index (χ0) is 24.8. The lowest BCUT2D eigenvalue weighted by Crippen LogP contribution is -2.37. The lowest BCUT2D eigenvalue weighted by molar-refractivity contribution is -0.121. The molecule has 2 aliphatic rings. The van der Waals surface area contributed by atoms with Gasteiger partial charge < -0.3 is 25.3 Å². The minimum atomic E-state index is -0.630. The molecule has 2 aliphatic heterocycles. The predicted molar refractivity (Wildman–Crippen MR) is 136 cm³/mol. The van der Waals surface area contributed by atoms with Crippen molar-refractivity contribution >= 4 is 34.6 Å². The summed E-state index contributed by atoms with van der Waals surface area (Å²) in [6.45, 7) is 2.69. The van der Waals surface area contributed by atoms with Gasteiger partial charge in [-0.25, -0.2) is 14.4 Å². The number of hydrogen-bond donors (Lipinski definition) is 3. The number of para-hydroxylation sites is 1. The Morgan fingerprint density at radius 2 is 1.97 bits per heavy atom. The van der Waals surface area contributed by atoms with E-state index in [0.717, 1.165) is 44.5 Å². The molecule has 3 amide bonds. The Bertz CT molecular complexity index is 1160. The number of amides is 3. The van der Waals surface area contributed by atoms with Crippen LogP contribution < -0.4 is 27.3 Å². The molecule has 3 unspecified atom stereocenters. The van der Waals surface area contributed by atoms with E-state index in [9.17, 15) is 19.2 Å². The second kappa shape index (κ2) is 11.8. The fourth-order valence-electron chi connectivity index (χ4n) is 4.76. The second-order valence-corrected chi connectivity index (χ2v) is 10.5. The summed E-state index contributed by atoms with van der Waals surface area (Å²) in [7, 11) is 2.01. The molecule has 2 aromatic rings. The average Bonchev–Trinajstić information content (AvgIpc) is 3.38. The van der Waals surface area contributed by atoms with Gasteiger partial charge in [-0.15, -0.1) is 0 Å². The molecule has 10 nitrogen and oxygen atoms in total. The molecule has 0 radical (unpaired) electrons. The number of aryl methyl sites for hydroxylation is 1. The van der Waals surface area contributed by atoms with E-state index in [-0.39, 0.29) is 24.0 Å². The molecular formula is C24H33N5O5S. The number of carbonyl (C=O) groups is 2. The van der Waals surface area contributed by atoms with E-state index in [2.05, 4.69) is 20.9 Å². The van der Waals surface area contributed by atoms with Crippen LogP contribution in [0.1, 0.15) is 32.1 Å². The fraction of sp³-hybridized carbons (Fsp3) is 0.583. The molecule has 0 aliphatic carbocycles. The first-order chi connectivity index (χ1) is 16.9. The Balaban J connectivity index is 1.08. The third-order valence-corrected chi connectivity index (χ3v) is 8.11. The molecule has 190 valence electrons. The maximum atomic E-state index is 12.2. The second-order valence-electron chi connectivity index (χ2n) is 9.20. The number of hydrogen-bond acceptors (Lipinski definition) is 7. The van der Waals surface area contributed by atoms with Crippen molar-refractivity contribution in [1.82, 2.24) is 25.4 Å². The van der Waals surface area contributed by atoms with Crippen LogP contribution in [0.25, 0.3) is 10.9 Å². The van der Waals surface area contributed by atoms with Crippen LogP contribution >= 0.6 is 11.8 Å². The Morgan fingerprint density at radius 1 is 1.17 bits per heavy atom. The van der Waals surface area contributed by atoms with E-state index in [1.165, 1.54) is 4.57 Å². The minimum Gasteiger partial charge on any atom is -0.372 e. The molecule has 3 heterocycles. The maximum absolute atomic E-state index is 12.2. The molecule has 0 saturated carbocycles. The number of aromatic nitrogens is 1. The van der Waals surface area contributed by atoms with Gasteiger partial charge in [-0.05, 0) is 58.0 Å². The Kier molecular flexibility index (Phi) is 8.50. The van der Waals surface area contributed by atoms with Crippen molar-refractivity contribution in [3.63, 3.8) is 0 Å². The van der Waals surface area contributed by atoms with Gasteiger partial charge in [0.25, 0.3) is 0 Å². The summed E-state index contributed by atoms with van der Waals surface area (Å²) in [6.07, 6.45) is 3.81. The zero-order valence-electron chi connectivity index (χ0n) is 20.0. The van der Waals surface area contributed by atoms with Crippen LogP contribution in [0.4, 0.5) is 4.79 Å². The van der Waals surface area contributed by atoms with Crippen molar-refractivity contribution in [1.29, 1.82) is 0 Å². The summed E-state index contributed by atoms with van der Waals surface area (Å²) in [5.74, 6) is 0.371. The molecule has 0 spiro atoms. The molecular weight excluding hydrogens is 470 g/mol. The van der Waals surface area contributed by atoms with E-state index < -0.39 is 11.4 Å². The van der Waals surface area contributed by atoms with Crippen LogP contribution in [-0.2, 0) is 11.3 Å². The van der Waals surface area contributed by atoms with Gasteiger partial charge in [0.15, 0.2) is 0 Å². The van der Waals surface area contributed by atoms with Crippen molar-refractivity contribution in [3.05, 3.63) is 45.2 Å². The summed E-state index contributed by atoms with van der Waals surface area (Å²) >= 11 is 1.87. The molecule has 1 aromatic carbocycles. The van der Waals surface area contributed by atoms with Crippen molar-refractivity contribution in [3.8, 4) is 0 Å². The summed E-state index contributed by atoms with van der Waals surface area (Å²) in [6, 6.07) is 7.29. The van der Waals surface area contributed by atoms with E-state index >= 15 is 0 Å². The number of fused-ring (bicyclic) bond motifs is 2. The van der Waals surface area contributed by atoms with Crippen LogP contribution in [0.3, 0.4) is 0 Å². The van der Waals surface area contributed by atoms with Crippen molar-refractivity contribution in [2.24, 2.45) is 0 Å². The summed E-state index contributed by atoms with van der Waals surface area (Å²) in [5, 5.41) is 9.69. The number of benzene rings is 1. The van der Waals surface area contributed by atoms with Crippen LogP contribution in [0.5, 0.6) is 0 Å². The summed E-state index contributed by atoms with van der Waals surface area (Å²) in [4.78, 5) is 49.8. The number of carbonyl (C=O) groups excluding carboxylic acids is 2. The number of nitrogens with zero attached hydrogens (tertiary/aromatic N) is 2. The van der Waals surface area contributed by atoms with Crippen molar-refractivity contribution in [2.45, 2.75) is 56.0 Å². The molecule has 35 heavy (non-hydrogen) atoms. The lowest BCUT2D eigenvalue weighted by atomic mass is 10.0. The number of rotatable bonds is 12.